The van der Waals surface area contributed by atoms with Crippen molar-refractivity contribution < 1.29 is 5.11 Å². The van der Waals surface area contributed by atoms with Crippen molar-refractivity contribution in [1.82, 2.24) is 9.55 Å². The second-order valence-corrected chi connectivity index (χ2v) is 5.49. The molecule has 0 aliphatic carbocycles. The number of hydrogen-bond donors (Lipinski definition) is 1. The minimum absolute atomic E-state index is 0.101. The minimum atomic E-state index is -0.101. The summed E-state index contributed by atoms with van der Waals surface area (Å²) in [6, 6.07) is 10.2. The van der Waals surface area contributed by atoms with Gasteiger partial charge in [-0.25, -0.2) is 4.98 Å². The van der Waals surface area contributed by atoms with Gasteiger partial charge in [0.2, 0.25) is 0 Å². The van der Waals surface area contributed by atoms with Gasteiger partial charge >= 0.3 is 0 Å². The summed E-state index contributed by atoms with van der Waals surface area (Å²) in [4.78, 5) is 5.81. The molecule has 0 saturated heterocycles. The van der Waals surface area contributed by atoms with Crippen LogP contribution in [-0.4, -0.2) is 21.3 Å². The van der Waals surface area contributed by atoms with E-state index in [1.807, 2.05) is 30.5 Å². The van der Waals surface area contributed by atoms with Crippen molar-refractivity contribution in [2.24, 2.45) is 0 Å². The number of benzene rings is 1. The first-order chi connectivity index (χ1) is 9.78. The van der Waals surface area contributed by atoms with E-state index in [1.54, 1.807) is 11.3 Å². The summed E-state index contributed by atoms with van der Waals surface area (Å²) in [6.45, 7) is 2.73. The third kappa shape index (κ3) is 2.46. The lowest BCUT2D eigenvalue weighted by Gasteiger charge is -2.04. The van der Waals surface area contributed by atoms with E-state index in [-0.39, 0.29) is 6.61 Å². The zero-order valence-corrected chi connectivity index (χ0v) is 11.9. The average Bonchev–Trinajstić information content (AvgIpc) is 3.02. The molecule has 2 aromatic heterocycles. The van der Waals surface area contributed by atoms with Gasteiger partial charge in [0.1, 0.15) is 12.4 Å². The van der Waals surface area contributed by atoms with Gasteiger partial charge in [0.25, 0.3) is 0 Å². The standard InChI is InChI=1S/C16H14N2OS/c1-12-17-15-6-2-3-7-16(15)18(12)10-14-9-13(11-20-14)5-4-8-19/h2-3,6-7,9,11,19H,8,10H2,1H3. The van der Waals surface area contributed by atoms with Crippen molar-refractivity contribution in [1.29, 1.82) is 0 Å². The molecule has 3 rings (SSSR count). The smallest absolute Gasteiger partial charge is 0.107 e. The van der Waals surface area contributed by atoms with Crippen LogP contribution in [0.3, 0.4) is 0 Å². The lowest BCUT2D eigenvalue weighted by molar-refractivity contribution is 0.350. The van der Waals surface area contributed by atoms with Crippen LogP contribution < -0.4 is 0 Å². The molecule has 0 unspecified atom stereocenters. The topological polar surface area (TPSA) is 38.0 Å². The molecule has 0 amide bonds. The van der Waals surface area contributed by atoms with Crippen LogP contribution in [0, 0.1) is 18.8 Å². The monoisotopic (exact) mass is 282 g/mol. The molecular weight excluding hydrogens is 268 g/mol. The highest BCUT2D eigenvalue weighted by Crippen LogP contribution is 2.20. The summed E-state index contributed by atoms with van der Waals surface area (Å²) in [6.07, 6.45) is 0. The Morgan fingerprint density at radius 3 is 3.05 bits per heavy atom. The fourth-order valence-electron chi connectivity index (χ4n) is 2.22. The molecule has 0 bridgehead atoms. The van der Waals surface area contributed by atoms with Crippen LogP contribution in [0.15, 0.2) is 35.7 Å². The van der Waals surface area contributed by atoms with Gasteiger partial charge in [0, 0.05) is 15.8 Å². The van der Waals surface area contributed by atoms with Crippen molar-refractivity contribution in [3.05, 3.63) is 52.0 Å². The van der Waals surface area contributed by atoms with Crippen LogP contribution in [0.4, 0.5) is 0 Å². The zero-order valence-electron chi connectivity index (χ0n) is 11.1. The molecule has 0 radical (unpaired) electrons. The van der Waals surface area contributed by atoms with Crippen LogP contribution >= 0.6 is 11.3 Å². The lowest BCUT2D eigenvalue weighted by Crippen LogP contribution is -2.00. The number of imidazole rings is 1. The maximum atomic E-state index is 8.71. The van der Waals surface area contributed by atoms with E-state index in [0.29, 0.717) is 0 Å². The molecule has 2 heterocycles. The number of aryl methyl sites for hydroxylation is 1. The summed E-state index contributed by atoms with van der Waals surface area (Å²) in [5, 5.41) is 10.7. The van der Waals surface area contributed by atoms with Gasteiger partial charge in [0.05, 0.1) is 17.6 Å². The number of aliphatic hydroxyl groups excluding tert-OH is 1. The fourth-order valence-corrected chi connectivity index (χ4v) is 3.03. The number of aromatic nitrogens is 2. The Hall–Kier alpha value is -2.09. The molecule has 4 heteroatoms. The van der Waals surface area contributed by atoms with E-state index in [4.69, 9.17) is 5.11 Å². The number of aliphatic hydroxyl groups is 1. The Bertz CT molecular complexity index is 805. The molecule has 0 spiro atoms. The molecule has 1 aromatic carbocycles. The Labute approximate surface area is 121 Å². The largest absolute Gasteiger partial charge is 0.384 e. The molecule has 100 valence electrons. The van der Waals surface area contributed by atoms with Crippen molar-refractivity contribution in [3.63, 3.8) is 0 Å². The molecule has 0 saturated carbocycles. The van der Waals surface area contributed by atoms with Gasteiger partial charge < -0.3 is 9.67 Å². The maximum Gasteiger partial charge on any atom is 0.107 e. The van der Waals surface area contributed by atoms with Crippen molar-refractivity contribution in [3.8, 4) is 11.8 Å². The third-order valence-electron chi connectivity index (χ3n) is 3.12. The number of nitrogens with zero attached hydrogens (tertiary/aromatic N) is 2. The summed E-state index contributed by atoms with van der Waals surface area (Å²) >= 11 is 1.68. The molecule has 0 fully saturated rings. The van der Waals surface area contributed by atoms with Gasteiger partial charge in [-0.1, -0.05) is 24.0 Å². The van der Waals surface area contributed by atoms with E-state index in [2.05, 4.69) is 33.5 Å². The highest BCUT2D eigenvalue weighted by Gasteiger charge is 2.08. The van der Waals surface area contributed by atoms with E-state index in [9.17, 15) is 0 Å². The predicted molar refractivity (Wildman–Crippen MR) is 81.9 cm³/mol. The van der Waals surface area contributed by atoms with Gasteiger partial charge in [-0.2, -0.15) is 0 Å². The van der Waals surface area contributed by atoms with E-state index < -0.39 is 0 Å². The van der Waals surface area contributed by atoms with Crippen LogP contribution in [0.25, 0.3) is 11.0 Å². The van der Waals surface area contributed by atoms with Gasteiger partial charge in [-0.05, 0) is 25.1 Å². The number of thiophene rings is 1. The second kappa shape index (κ2) is 5.49. The van der Waals surface area contributed by atoms with Crippen LogP contribution in [0.5, 0.6) is 0 Å². The number of fused-ring (bicyclic) bond motifs is 1. The molecule has 3 aromatic rings. The highest BCUT2D eigenvalue weighted by atomic mass is 32.1. The van der Waals surface area contributed by atoms with Gasteiger partial charge in [-0.3, -0.25) is 0 Å². The summed E-state index contributed by atoms with van der Waals surface area (Å²) in [7, 11) is 0. The van der Waals surface area contributed by atoms with Crippen LogP contribution in [-0.2, 0) is 6.54 Å². The van der Waals surface area contributed by atoms with Gasteiger partial charge in [-0.15, -0.1) is 11.3 Å². The van der Waals surface area contributed by atoms with Crippen molar-refractivity contribution in [2.45, 2.75) is 13.5 Å². The number of rotatable bonds is 2. The fraction of sp³-hybridized carbons (Fsp3) is 0.188. The molecule has 3 nitrogen and oxygen atoms in total. The molecule has 20 heavy (non-hydrogen) atoms. The maximum absolute atomic E-state index is 8.71. The van der Waals surface area contributed by atoms with Crippen LogP contribution in [0.2, 0.25) is 0 Å². The SMILES string of the molecule is Cc1nc2ccccc2n1Cc1cc(C#CCO)cs1. The first kappa shape index (κ1) is 12.9. The Balaban J connectivity index is 1.93. The molecular formula is C16H14N2OS. The summed E-state index contributed by atoms with van der Waals surface area (Å²) in [5.74, 6) is 6.62. The molecule has 1 N–H and O–H groups in total. The molecule has 0 aliphatic rings. The van der Waals surface area contributed by atoms with Gasteiger partial charge in [0.15, 0.2) is 0 Å². The third-order valence-corrected chi connectivity index (χ3v) is 4.05. The lowest BCUT2D eigenvalue weighted by atomic mass is 10.3. The first-order valence-corrected chi connectivity index (χ1v) is 7.25. The Morgan fingerprint density at radius 2 is 2.20 bits per heavy atom. The quantitative estimate of drug-likeness (QED) is 0.734. The first-order valence-electron chi connectivity index (χ1n) is 6.37. The zero-order chi connectivity index (χ0) is 13.9. The minimum Gasteiger partial charge on any atom is -0.384 e. The Kier molecular flexibility index (Phi) is 3.55. The number of para-hydroxylation sites is 2. The second-order valence-electron chi connectivity index (χ2n) is 4.50. The van der Waals surface area contributed by atoms with E-state index in [0.717, 1.165) is 29.0 Å². The predicted octanol–water partition coefficient (Wildman–Crippen LogP) is 2.80. The van der Waals surface area contributed by atoms with Crippen molar-refractivity contribution in [2.75, 3.05) is 6.61 Å². The summed E-state index contributed by atoms with van der Waals surface area (Å²) in [5.41, 5.74) is 3.14. The van der Waals surface area contributed by atoms with E-state index in [1.165, 1.54) is 4.88 Å². The molecule has 0 atom stereocenters. The number of hydrogen-bond acceptors (Lipinski definition) is 3. The van der Waals surface area contributed by atoms with E-state index >= 15 is 0 Å². The normalized spacial score (nSPS) is 10.5. The summed E-state index contributed by atoms with van der Waals surface area (Å²) < 4.78 is 2.21. The highest BCUT2D eigenvalue weighted by molar-refractivity contribution is 7.10. The Morgan fingerprint density at radius 1 is 1.35 bits per heavy atom. The molecule has 0 aliphatic heterocycles. The van der Waals surface area contributed by atoms with Crippen LogP contribution in [0.1, 0.15) is 16.3 Å². The van der Waals surface area contributed by atoms with Crippen molar-refractivity contribution >= 4 is 22.4 Å². The average molecular weight is 282 g/mol.